The van der Waals surface area contributed by atoms with Crippen molar-refractivity contribution in [2.24, 2.45) is 5.92 Å². The fraction of sp³-hybridized carbons (Fsp3) is 0.941. The lowest BCUT2D eigenvalue weighted by Crippen LogP contribution is -2.52. The molecule has 5 heteroatoms. The first-order chi connectivity index (χ1) is 10.8. The molecule has 5 nitrogen and oxygen atoms in total. The summed E-state index contributed by atoms with van der Waals surface area (Å²) >= 11 is 0. The molecule has 0 bridgehead atoms. The van der Waals surface area contributed by atoms with Crippen molar-refractivity contribution in [2.75, 3.05) is 39.4 Å². The number of rotatable bonds is 5. The topological polar surface area (TPSA) is 42.0 Å². The van der Waals surface area contributed by atoms with Gasteiger partial charge in [0.05, 0.1) is 18.8 Å². The summed E-state index contributed by atoms with van der Waals surface area (Å²) < 4.78 is 12.0. The van der Waals surface area contributed by atoms with E-state index >= 15 is 0 Å². The molecule has 2 aliphatic heterocycles. The zero-order valence-corrected chi connectivity index (χ0v) is 13.4. The van der Waals surface area contributed by atoms with Gasteiger partial charge in [-0.3, -0.25) is 9.69 Å². The van der Waals surface area contributed by atoms with Gasteiger partial charge in [-0.25, -0.2) is 0 Å². The molecular weight excluding hydrogens is 280 g/mol. The van der Waals surface area contributed by atoms with Crippen molar-refractivity contribution in [2.45, 2.75) is 56.8 Å². The van der Waals surface area contributed by atoms with E-state index in [1.165, 1.54) is 19.4 Å². The molecule has 22 heavy (non-hydrogen) atoms. The SMILES string of the molecule is O=C(CO[C@@H]1CC[C@H]2[C@H]1OCCN2CC1CC1)N1CCCC1. The van der Waals surface area contributed by atoms with Crippen molar-refractivity contribution in [3.05, 3.63) is 0 Å². The van der Waals surface area contributed by atoms with Crippen molar-refractivity contribution >= 4 is 5.91 Å². The molecule has 124 valence electrons. The van der Waals surface area contributed by atoms with Gasteiger partial charge < -0.3 is 14.4 Å². The lowest BCUT2D eigenvalue weighted by Gasteiger charge is -2.39. The number of nitrogens with zero attached hydrogens (tertiary/aromatic N) is 2. The van der Waals surface area contributed by atoms with Gasteiger partial charge in [0.1, 0.15) is 6.61 Å². The van der Waals surface area contributed by atoms with Crippen LogP contribution < -0.4 is 0 Å². The van der Waals surface area contributed by atoms with Crippen LogP contribution in [0.2, 0.25) is 0 Å². The van der Waals surface area contributed by atoms with Crippen LogP contribution in [0.3, 0.4) is 0 Å². The molecule has 4 rings (SSSR count). The Balaban J connectivity index is 1.28. The van der Waals surface area contributed by atoms with Crippen LogP contribution in [0.1, 0.15) is 38.5 Å². The third kappa shape index (κ3) is 3.17. The molecule has 0 unspecified atom stereocenters. The van der Waals surface area contributed by atoms with Crippen LogP contribution in [0.4, 0.5) is 0 Å². The smallest absolute Gasteiger partial charge is 0.248 e. The zero-order chi connectivity index (χ0) is 14.9. The highest BCUT2D eigenvalue weighted by atomic mass is 16.5. The summed E-state index contributed by atoms with van der Waals surface area (Å²) in [4.78, 5) is 16.7. The normalized spacial score (nSPS) is 35.8. The predicted molar refractivity (Wildman–Crippen MR) is 82.6 cm³/mol. The summed E-state index contributed by atoms with van der Waals surface area (Å²) in [5.74, 6) is 1.09. The number of likely N-dealkylation sites (tertiary alicyclic amines) is 1. The Morgan fingerprint density at radius 3 is 2.68 bits per heavy atom. The first-order valence-electron chi connectivity index (χ1n) is 9.06. The number of morpholine rings is 1. The molecule has 2 saturated carbocycles. The second-order valence-electron chi connectivity index (χ2n) is 7.36. The number of fused-ring (bicyclic) bond motifs is 1. The minimum atomic E-state index is 0.110. The Hall–Kier alpha value is -0.650. The van der Waals surface area contributed by atoms with Crippen LogP contribution in [0, 0.1) is 5.92 Å². The summed E-state index contributed by atoms with van der Waals surface area (Å²) in [5, 5.41) is 0. The van der Waals surface area contributed by atoms with Crippen molar-refractivity contribution in [3.63, 3.8) is 0 Å². The Morgan fingerprint density at radius 2 is 1.91 bits per heavy atom. The highest BCUT2D eigenvalue weighted by Gasteiger charge is 2.44. The Bertz CT molecular complexity index is 407. The molecule has 3 atom stereocenters. The first-order valence-corrected chi connectivity index (χ1v) is 9.06. The minimum absolute atomic E-state index is 0.110. The molecule has 0 radical (unpaired) electrons. The van der Waals surface area contributed by atoms with E-state index in [0.29, 0.717) is 6.04 Å². The molecule has 4 fully saturated rings. The monoisotopic (exact) mass is 308 g/mol. The molecule has 0 aromatic heterocycles. The van der Waals surface area contributed by atoms with Crippen LogP contribution in [-0.4, -0.2) is 73.3 Å². The lowest BCUT2D eigenvalue weighted by molar-refractivity contribution is -0.145. The minimum Gasteiger partial charge on any atom is -0.373 e. The summed E-state index contributed by atoms with van der Waals surface area (Å²) in [6.45, 7) is 5.17. The largest absolute Gasteiger partial charge is 0.373 e. The predicted octanol–water partition coefficient (Wildman–Crippen LogP) is 1.27. The Morgan fingerprint density at radius 1 is 1.09 bits per heavy atom. The van der Waals surface area contributed by atoms with Gasteiger partial charge in [0.25, 0.3) is 0 Å². The maximum Gasteiger partial charge on any atom is 0.248 e. The van der Waals surface area contributed by atoms with E-state index in [1.807, 2.05) is 4.90 Å². The summed E-state index contributed by atoms with van der Waals surface area (Å²) in [6, 6.07) is 0.515. The van der Waals surface area contributed by atoms with Gasteiger partial charge in [0.2, 0.25) is 5.91 Å². The second-order valence-corrected chi connectivity index (χ2v) is 7.36. The van der Waals surface area contributed by atoms with Crippen LogP contribution in [0.5, 0.6) is 0 Å². The average Bonchev–Trinajstić information content (AvgIpc) is 3.05. The van der Waals surface area contributed by atoms with E-state index in [-0.39, 0.29) is 24.7 Å². The van der Waals surface area contributed by atoms with Crippen LogP contribution in [0.15, 0.2) is 0 Å². The summed E-state index contributed by atoms with van der Waals surface area (Å²) in [7, 11) is 0. The highest BCUT2D eigenvalue weighted by molar-refractivity contribution is 5.77. The maximum atomic E-state index is 12.1. The van der Waals surface area contributed by atoms with E-state index in [0.717, 1.165) is 57.8 Å². The number of carbonyl (C=O) groups is 1. The molecule has 2 heterocycles. The molecule has 4 aliphatic rings. The maximum absolute atomic E-state index is 12.1. The van der Waals surface area contributed by atoms with Gasteiger partial charge in [-0.15, -0.1) is 0 Å². The second kappa shape index (κ2) is 6.46. The molecule has 2 aliphatic carbocycles. The lowest BCUT2D eigenvalue weighted by atomic mass is 10.1. The van der Waals surface area contributed by atoms with Gasteiger partial charge in [-0.1, -0.05) is 0 Å². The van der Waals surface area contributed by atoms with E-state index < -0.39 is 0 Å². The van der Waals surface area contributed by atoms with Gasteiger partial charge >= 0.3 is 0 Å². The number of carbonyl (C=O) groups excluding carboxylic acids is 1. The molecule has 0 aromatic rings. The zero-order valence-electron chi connectivity index (χ0n) is 13.4. The molecule has 2 saturated heterocycles. The van der Waals surface area contributed by atoms with E-state index in [4.69, 9.17) is 9.47 Å². The third-order valence-corrected chi connectivity index (χ3v) is 5.72. The third-order valence-electron chi connectivity index (χ3n) is 5.72. The molecule has 0 aromatic carbocycles. The number of hydrogen-bond donors (Lipinski definition) is 0. The van der Waals surface area contributed by atoms with Crippen molar-refractivity contribution < 1.29 is 14.3 Å². The van der Waals surface area contributed by atoms with Crippen LogP contribution >= 0.6 is 0 Å². The Labute approximate surface area is 132 Å². The van der Waals surface area contributed by atoms with E-state index in [1.54, 1.807) is 0 Å². The van der Waals surface area contributed by atoms with Crippen LogP contribution in [0.25, 0.3) is 0 Å². The first kappa shape index (κ1) is 14.9. The van der Waals surface area contributed by atoms with Crippen LogP contribution in [-0.2, 0) is 14.3 Å². The summed E-state index contributed by atoms with van der Waals surface area (Å²) in [6.07, 6.45) is 7.55. The average molecular weight is 308 g/mol. The van der Waals surface area contributed by atoms with Gasteiger partial charge in [0, 0.05) is 32.2 Å². The molecular formula is C17H28N2O3. The standard InChI is InChI=1S/C17H28N2O3/c20-16(18-7-1-2-8-18)12-22-15-6-5-14-17(15)21-10-9-19(14)11-13-3-4-13/h13-15,17H,1-12H2/t14-,15+,17+/m0/s1. The van der Waals surface area contributed by atoms with Gasteiger partial charge in [0.15, 0.2) is 0 Å². The summed E-state index contributed by atoms with van der Waals surface area (Å²) in [5.41, 5.74) is 0. The number of hydrogen-bond acceptors (Lipinski definition) is 4. The van der Waals surface area contributed by atoms with Crippen molar-refractivity contribution in [1.82, 2.24) is 9.80 Å². The number of amides is 1. The van der Waals surface area contributed by atoms with E-state index in [2.05, 4.69) is 4.90 Å². The quantitative estimate of drug-likeness (QED) is 0.767. The fourth-order valence-electron chi connectivity index (χ4n) is 4.27. The van der Waals surface area contributed by atoms with E-state index in [9.17, 15) is 4.79 Å². The fourth-order valence-corrected chi connectivity index (χ4v) is 4.27. The van der Waals surface area contributed by atoms with Gasteiger partial charge in [-0.05, 0) is 44.4 Å². The molecule has 1 amide bonds. The van der Waals surface area contributed by atoms with Crippen molar-refractivity contribution in [3.8, 4) is 0 Å². The Kier molecular flexibility index (Phi) is 4.38. The molecule has 0 N–H and O–H groups in total. The molecule has 0 spiro atoms. The number of ether oxygens (including phenoxy) is 2. The highest BCUT2D eigenvalue weighted by Crippen LogP contribution is 2.36. The van der Waals surface area contributed by atoms with Gasteiger partial charge in [-0.2, -0.15) is 0 Å². The van der Waals surface area contributed by atoms with Crippen molar-refractivity contribution in [1.29, 1.82) is 0 Å².